The van der Waals surface area contributed by atoms with Crippen LogP contribution in [0.2, 0.25) is 0 Å². The fraction of sp³-hybridized carbons (Fsp3) is 0.467. The van der Waals surface area contributed by atoms with Crippen molar-refractivity contribution in [2.24, 2.45) is 0 Å². The number of hydrogen-bond donors (Lipinski definition) is 5. The van der Waals surface area contributed by atoms with Crippen molar-refractivity contribution in [2.75, 3.05) is 5.73 Å². The summed E-state index contributed by atoms with van der Waals surface area (Å²) in [5, 5.41) is 30.6. The number of ether oxygens (including phenoxy) is 1. The number of fused-ring (bicyclic) bond motifs is 1. The molecule has 3 rings (SSSR count). The molecule has 25 heavy (non-hydrogen) atoms. The Morgan fingerprint density at radius 1 is 1.60 bits per heavy atom. The highest BCUT2D eigenvalue weighted by molar-refractivity contribution is 5.77. The van der Waals surface area contributed by atoms with Gasteiger partial charge in [0.05, 0.1) is 6.10 Å². The molecule has 1 aliphatic rings. The third kappa shape index (κ3) is 2.49. The van der Waals surface area contributed by atoms with E-state index in [1.807, 2.05) is 0 Å². The van der Waals surface area contributed by atoms with E-state index in [1.165, 1.54) is 13.8 Å². The van der Waals surface area contributed by atoms with Crippen LogP contribution in [0.1, 0.15) is 20.1 Å². The number of aromatic nitrogens is 3. The molecule has 1 fully saturated rings. The van der Waals surface area contributed by atoms with Gasteiger partial charge in [-0.25, -0.2) is 4.39 Å². The predicted octanol–water partition coefficient (Wildman–Crippen LogP) is -1.16. The summed E-state index contributed by atoms with van der Waals surface area (Å²) in [6.45, 7) is 2.80. The van der Waals surface area contributed by atoms with E-state index in [9.17, 15) is 24.5 Å². The molecule has 0 saturated carbocycles. The number of halogens is 1. The van der Waals surface area contributed by atoms with Gasteiger partial charge in [-0.1, -0.05) is 5.92 Å². The van der Waals surface area contributed by atoms with Crippen molar-refractivity contribution < 1.29 is 24.4 Å². The van der Waals surface area contributed by atoms with E-state index in [2.05, 4.69) is 21.8 Å². The number of aliphatic hydroxyl groups is 3. The van der Waals surface area contributed by atoms with Crippen LogP contribution in [0, 0.1) is 17.7 Å². The molecular formula is C15H17FN4O5. The normalized spacial score (nSPS) is 30.2. The number of rotatable bonds is 2. The molecule has 0 aromatic carbocycles. The van der Waals surface area contributed by atoms with Gasteiger partial charge in [0, 0.05) is 6.20 Å². The van der Waals surface area contributed by atoms with E-state index < -0.39 is 41.5 Å². The second-order valence-electron chi connectivity index (χ2n) is 5.87. The van der Waals surface area contributed by atoms with Crippen LogP contribution < -0.4 is 11.3 Å². The molecule has 3 heterocycles. The van der Waals surface area contributed by atoms with Crippen LogP contribution in [0.3, 0.4) is 0 Å². The molecule has 0 aliphatic carbocycles. The fourth-order valence-electron chi connectivity index (χ4n) is 3.02. The fourth-order valence-corrected chi connectivity index (χ4v) is 3.02. The molecule has 0 radical (unpaired) electrons. The van der Waals surface area contributed by atoms with Crippen LogP contribution in [0.4, 0.5) is 10.3 Å². The zero-order chi connectivity index (χ0) is 18.5. The van der Waals surface area contributed by atoms with Crippen molar-refractivity contribution in [3.63, 3.8) is 0 Å². The number of aromatic amines is 1. The summed E-state index contributed by atoms with van der Waals surface area (Å²) in [6, 6.07) is 0. The Kier molecular flexibility index (Phi) is 4.04. The molecule has 2 aromatic rings. The zero-order valence-corrected chi connectivity index (χ0v) is 13.4. The number of H-pyrrole nitrogens is 1. The first-order chi connectivity index (χ1) is 11.7. The molecule has 2 aromatic heterocycles. The molecule has 9 nitrogen and oxygen atoms in total. The number of nitrogens with zero attached hydrogens (tertiary/aromatic N) is 2. The summed E-state index contributed by atoms with van der Waals surface area (Å²) < 4.78 is 20.8. The topological polar surface area (TPSA) is 147 Å². The summed E-state index contributed by atoms with van der Waals surface area (Å²) in [5.74, 6) is 3.75. The Morgan fingerprint density at radius 3 is 2.88 bits per heavy atom. The van der Waals surface area contributed by atoms with E-state index >= 15 is 0 Å². The monoisotopic (exact) mass is 352 g/mol. The smallest absolute Gasteiger partial charge is 0.264 e. The molecule has 0 bridgehead atoms. The van der Waals surface area contributed by atoms with Crippen molar-refractivity contribution in [1.82, 2.24) is 14.5 Å². The molecular weight excluding hydrogens is 335 g/mol. The first-order valence-corrected chi connectivity index (χ1v) is 7.44. The van der Waals surface area contributed by atoms with Crippen molar-refractivity contribution in [2.45, 2.75) is 44.0 Å². The van der Waals surface area contributed by atoms with Gasteiger partial charge in [0.25, 0.3) is 5.56 Å². The van der Waals surface area contributed by atoms with Crippen molar-refractivity contribution >= 4 is 17.0 Å². The second kappa shape index (κ2) is 5.82. The molecule has 1 aliphatic heterocycles. The van der Waals surface area contributed by atoms with Gasteiger partial charge in [-0.2, -0.15) is 4.98 Å². The van der Waals surface area contributed by atoms with E-state index in [0.717, 1.165) is 10.8 Å². The van der Waals surface area contributed by atoms with Gasteiger partial charge < -0.3 is 25.8 Å². The Balaban J connectivity index is 2.25. The Bertz CT molecular complexity index is 943. The molecule has 1 unspecified atom stereocenters. The molecule has 1 saturated heterocycles. The molecule has 0 spiro atoms. The van der Waals surface area contributed by atoms with Crippen molar-refractivity contribution in [3.8, 4) is 11.8 Å². The largest absolute Gasteiger partial charge is 0.391 e. The number of anilines is 1. The number of aliphatic hydroxyl groups excluding tert-OH is 2. The minimum absolute atomic E-state index is 0.182. The van der Waals surface area contributed by atoms with E-state index in [-0.39, 0.29) is 17.0 Å². The van der Waals surface area contributed by atoms with Gasteiger partial charge >= 0.3 is 0 Å². The molecule has 134 valence electrons. The lowest BCUT2D eigenvalue weighted by Gasteiger charge is -2.26. The average molecular weight is 352 g/mol. The number of nitrogens with two attached hydrogens (primary N) is 1. The van der Waals surface area contributed by atoms with Crippen LogP contribution in [-0.2, 0) is 4.74 Å². The van der Waals surface area contributed by atoms with Crippen LogP contribution in [-0.4, -0.2) is 53.8 Å². The van der Waals surface area contributed by atoms with Gasteiger partial charge in [0.15, 0.2) is 23.3 Å². The van der Waals surface area contributed by atoms with E-state index in [0.29, 0.717) is 0 Å². The minimum Gasteiger partial charge on any atom is -0.391 e. The van der Waals surface area contributed by atoms with Crippen molar-refractivity contribution in [1.29, 1.82) is 0 Å². The highest BCUT2D eigenvalue weighted by atomic mass is 19.1. The third-order valence-corrected chi connectivity index (χ3v) is 4.13. The highest BCUT2D eigenvalue weighted by Crippen LogP contribution is 2.41. The summed E-state index contributed by atoms with van der Waals surface area (Å²) >= 11 is 0. The Labute approximate surface area is 140 Å². The quantitative estimate of drug-likeness (QED) is 0.428. The van der Waals surface area contributed by atoms with Crippen LogP contribution >= 0.6 is 0 Å². The number of hydrogen-bond acceptors (Lipinski definition) is 7. The number of nitrogen functional groups attached to an aromatic ring is 1. The predicted molar refractivity (Wildman–Crippen MR) is 84.7 cm³/mol. The molecule has 10 heteroatoms. The SMILES string of the molecule is CC#CC1(O)[C@@H](O)[C@@H]([C@@H](C)O)O[C@H]1n1cc(F)c2c(=O)[nH]c(N)nc21. The van der Waals surface area contributed by atoms with Gasteiger partial charge in [0.1, 0.15) is 17.6 Å². The second-order valence-corrected chi connectivity index (χ2v) is 5.87. The zero-order valence-electron chi connectivity index (χ0n) is 13.4. The molecule has 5 atom stereocenters. The lowest BCUT2D eigenvalue weighted by Crippen LogP contribution is -2.47. The summed E-state index contributed by atoms with van der Waals surface area (Å²) in [4.78, 5) is 18.0. The van der Waals surface area contributed by atoms with Gasteiger partial charge in [-0.05, 0) is 13.8 Å². The van der Waals surface area contributed by atoms with Crippen LogP contribution in [0.5, 0.6) is 0 Å². The summed E-state index contributed by atoms with van der Waals surface area (Å²) in [6.07, 6.45) is -4.43. The third-order valence-electron chi connectivity index (χ3n) is 4.13. The highest BCUT2D eigenvalue weighted by Gasteiger charge is 2.57. The van der Waals surface area contributed by atoms with Crippen molar-refractivity contribution in [3.05, 3.63) is 22.4 Å². The lowest BCUT2D eigenvalue weighted by molar-refractivity contribution is -0.0846. The Morgan fingerprint density at radius 2 is 2.28 bits per heavy atom. The maximum absolute atomic E-state index is 14.2. The number of nitrogens with one attached hydrogen (secondary N) is 1. The first kappa shape index (κ1) is 17.4. The molecule has 6 N–H and O–H groups in total. The van der Waals surface area contributed by atoms with Gasteiger partial charge in [0.2, 0.25) is 5.95 Å². The minimum atomic E-state index is -2.16. The van der Waals surface area contributed by atoms with E-state index in [1.54, 1.807) is 0 Å². The summed E-state index contributed by atoms with van der Waals surface area (Å²) in [7, 11) is 0. The molecule has 0 amide bonds. The summed E-state index contributed by atoms with van der Waals surface area (Å²) in [5.41, 5.74) is 2.37. The first-order valence-electron chi connectivity index (χ1n) is 7.44. The maximum atomic E-state index is 14.2. The average Bonchev–Trinajstić information content (AvgIpc) is 2.96. The lowest BCUT2D eigenvalue weighted by atomic mass is 9.93. The Hall–Kier alpha value is -2.45. The maximum Gasteiger partial charge on any atom is 0.264 e. The van der Waals surface area contributed by atoms with Crippen LogP contribution in [0.25, 0.3) is 11.0 Å². The van der Waals surface area contributed by atoms with Gasteiger partial charge in [-0.15, -0.1) is 5.92 Å². The van der Waals surface area contributed by atoms with Gasteiger partial charge in [-0.3, -0.25) is 14.3 Å². The van der Waals surface area contributed by atoms with Crippen LogP contribution in [0.15, 0.2) is 11.0 Å². The van der Waals surface area contributed by atoms with E-state index in [4.69, 9.17) is 10.5 Å². The standard InChI is InChI=1S/C15H17FN4O5/c1-3-4-15(24)10(22)9(6(2)21)25-13(15)20-5-7(16)8-11(20)18-14(17)19-12(8)23/h5-6,9-10,13,21-22,24H,1-2H3,(H3,17,18,19,23)/t6-,9-,10+,13-,15?/m1/s1.